The molecule has 2 amide bonds. The van der Waals surface area contributed by atoms with Crippen molar-refractivity contribution in [3.8, 4) is 17.1 Å². The fourth-order valence-corrected chi connectivity index (χ4v) is 9.23. The Kier molecular flexibility index (Phi) is 8.94. The molecule has 4 aliphatic rings. The van der Waals surface area contributed by atoms with E-state index in [0.29, 0.717) is 31.4 Å². The highest BCUT2D eigenvalue weighted by Crippen LogP contribution is 2.62. The van der Waals surface area contributed by atoms with Gasteiger partial charge in [-0.3, -0.25) is 4.79 Å². The zero-order valence-electron chi connectivity index (χ0n) is 29.4. The van der Waals surface area contributed by atoms with Crippen LogP contribution in [0.25, 0.3) is 11.3 Å². The average Bonchev–Trinajstić information content (AvgIpc) is 3.81. The minimum atomic E-state index is -4.49. The molecule has 3 aromatic rings. The first kappa shape index (κ1) is 36.0. The van der Waals surface area contributed by atoms with E-state index >= 15 is 0 Å². The zero-order chi connectivity index (χ0) is 37.2. The number of ether oxygens (including phenoxy) is 2. The highest BCUT2D eigenvalue weighted by molar-refractivity contribution is 7.92. The predicted octanol–water partition coefficient (Wildman–Crippen LogP) is 6.94. The van der Waals surface area contributed by atoms with E-state index in [1.54, 1.807) is 13.8 Å². The number of aryl methyl sites for hydroxylation is 2. The van der Waals surface area contributed by atoms with Crippen LogP contribution in [0.1, 0.15) is 80.3 Å². The highest BCUT2D eigenvalue weighted by atomic mass is 32.2. The molecular formula is C37H42F3N5O6S. The molecular weight excluding hydrogens is 699 g/mol. The summed E-state index contributed by atoms with van der Waals surface area (Å²) in [5.41, 5.74) is 0.697. The monoisotopic (exact) mass is 741 g/mol. The number of anilines is 1. The number of nitrogens with one attached hydrogen (secondary N) is 2. The minimum Gasteiger partial charge on any atom is -0.475 e. The molecule has 3 saturated carbocycles. The van der Waals surface area contributed by atoms with Crippen LogP contribution in [0.2, 0.25) is 0 Å². The number of sulfonamides is 1. The quantitative estimate of drug-likeness (QED) is 0.277. The summed E-state index contributed by atoms with van der Waals surface area (Å²) in [5, 5.41) is 2.87. The molecule has 3 fully saturated rings. The number of amides is 2. The molecule has 2 aromatic carbocycles. The van der Waals surface area contributed by atoms with Gasteiger partial charge in [-0.1, -0.05) is 24.3 Å². The number of fused-ring (bicyclic) bond motifs is 4. The second-order valence-corrected chi connectivity index (χ2v) is 16.9. The number of benzene rings is 2. The van der Waals surface area contributed by atoms with Crippen molar-refractivity contribution in [1.29, 1.82) is 0 Å². The lowest BCUT2D eigenvalue weighted by atomic mass is 9.51. The van der Waals surface area contributed by atoms with E-state index in [1.165, 1.54) is 35.2 Å². The van der Waals surface area contributed by atoms with Crippen molar-refractivity contribution < 1.29 is 40.7 Å². The molecule has 2 N–H and O–H groups in total. The summed E-state index contributed by atoms with van der Waals surface area (Å²) >= 11 is 0. The molecule has 52 heavy (non-hydrogen) atoms. The van der Waals surface area contributed by atoms with E-state index in [1.807, 2.05) is 32.0 Å². The van der Waals surface area contributed by atoms with Crippen molar-refractivity contribution in [3.05, 3.63) is 65.2 Å². The fraction of sp³-hybridized carbons (Fsp3) is 0.514. The first-order valence-corrected chi connectivity index (χ1v) is 19.0. The van der Waals surface area contributed by atoms with E-state index < -0.39 is 45.7 Å². The largest absolute Gasteiger partial charge is 0.475 e. The van der Waals surface area contributed by atoms with Crippen LogP contribution in [-0.2, 0) is 14.8 Å². The molecule has 1 spiro atoms. The van der Waals surface area contributed by atoms with Gasteiger partial charge in [0.05, 0.1) is 28.2 Å². The van der Waals surface area contributed by atoms with Gasteiger partial charge in [0.2, 0.25) is 11.8 Å². The summed E-state index contributed by atoms with van der Waals surface area (Å²) < 4.78 is 84.9. The number of hydrogen-bond donors (Lipinski definition) is 2. The van der Waals surface area contributed by atoms with E-state index in [0.717, 1.165) is 16.7 Å². The number of hydrogen-bond acceptors (Lipinski definition) is 8. The lowest BCUT2D eigenvalue weighted by Gasteiger charge is -2.60. The van der Waals surface area contributed by atoms with Crippen LogP contribution < -0.4 is 14.8 Å². The van der Waals surface area contributed by atoms with Gasteiger partial charge in [0.1, 0.15) is 6.61 Å². The summed E-state index contributed by atoms with van der Waals surface area (Å²) in [6.07, 6.45) is -3.44. The third-order valence-corrected chi connectivity index (χ3v) is 12.3. The van der Waals surface area contributed by atoms with Crippen molar-refractivity contribution in [2.75, 3.05) is 11.3 Å². The van der Waals surface area contributed by atoms with E-state index in [9.17, 15) is 31.2 Å². The van der Waals surface area contributed by atoms with Crippen molar-refractivity contribution in [3.63, 3.8) is 0 Å². The zero-order valence-corrected chi connectivity index (χ0v) is 30.2. The molecule has 3 aliphatic carbocycles. The van der Waals surface area contributed by atoms with Crippen LogP contribution in [0.5, 0.6) is 5.88 Å². The first-order chi connectivity index (χ1) is 24.5. The van der Waals surface area contributed by atoms with Gasteiger partial charge in [0.25, 0.3) is 15.9 Å². The maximum absolute atomic E-state index is 14.5. The van der Waals surface area contributed by atoms with Crippen LogP contribution in [0.4, 0.5) is 23.9 Å². The van der Waals surface area contributed by atoms with Gasteiger partial charge in [-0.2, -0.15) is 18.2 Å². The van der Waals surface area contributed by atoms with Crippen LogP contribution in [0.3, 0.4) is 0 Å². The summed E-state index contributed by atoms with van der Waals surface area (Å²) in [6, 6.07) is 11.1. The Bertz CT molecular complexity index is 1980. The third-order valence-electron chi connectivity index (χ3n) is 10.9. The van der Waals surface area contributed by atoms with Gasteiger partial charge in [-0.05, 0) is 107 Å². The first-order valence-electron chi connectivity index (χ1n) is 17.5. The molecule has 0 unspecified atom stereocenters. The van der Waals surface area contributed by atoms with Crippen LogP contribution in [-0.4, -0.2) is 72.3 Å². The van der Waals surface area contributed by atoms with Gasteiger partial charge in [-0.25, -0.2) is 22.9 Å². The number of nitrogens with zero attached hydrogens (tertiary/aromatic N) is 3. The Labute approximate surface area is 300 Å². The van der Waals surface area contributed by atoms with Gasteiger partial charge in [-0.15, -0.1) is 0 Å². The smallest absolute Gasteiger partial charge is 0.407 e. The van der Waals surface area contributed by atoms with Crippen LogP contribution in [0.15, 0.2) is 53.4 Å². The number of rotatable bonds is 6. The SMILES string of the molecule is Cc1cccc(C)c1-c1cc2nc(n1)NS(=O)(=O)c1cccc(c1)C(=O)N([C@H]1CC3(C[C@H](NC(=O)OC(C)C)C3)C1)[C@H](CC1(C(F)(F)F)CC1)CO2. The minimum absolute atomic E-state index is 0.0263. The molecule has 0 saturated heterocycles. The van der Waals surface area contributed by atoms with Crippen LogP contribution >= 0.6 is 0 Å². The fourth-order valence-electron chi connectivity index (χ4n) is 8.24. The average molecular weight is 742 g/mol. The Morgan fingerprint density at radius 2 is 1.73 bits per heavy atom. The Balaban J connectivity index is 1.26. The second-order valence-electron chi connectivity index (χ2n) is 15.2. The van der Waals surface area contributed by atoms with Crippen LogP contribution in [0, 0.1) is 24.7 Å². The molecule has 1 aliphatic heterocycles. The number of aromatic nitrogens is 2. The standard InChI is InChI=1S/C37H42F3N5O6S/c1-21(2)51-34(47)41-25-15-35(16-25)17-26(18-35)45-27(19-36(11-12-36)37(38,39)40)20-50-30-14-29(31-22(3)7-5-8-23(31)4)42-33(43-30)44-52(48,49)28-10-6-9-24(13-28)32(45)46/h5-10,13-14,21,25-27H,11-12,15-20H2,1-4H3,(H,41,47)(H,42,43,44)/t25-,26-,27-,35?/m1/s1. The molecule has 1 aromatic heterocycles. The van der Waals surface area contributed by atoms with E-state index in [-0.39, 0.29) is 65.7 Å². The molecule has 7 rings (SSSR count). The second kappa shape index (κ2) is 12.9. The van der Waals surface area contributed by atoms with Crippen molar-refractivity contribution in [2.45, 2.75) is 108 Å². The number of alkyl carbamates (subject to hydrolysis) is 1. The van der Waals surface area contributed by atoms with Crippen molar-refractivity contribution in [1.82, 2.24) is 20.2 Å². The Morgan fingerprint density at radius 3 is 2.37 bits per heavy atom. The Morgan fingerprint density at radius 1 is 1.06 bits per heavy atom. The molecule has 1 atom stereocenters. The normalized spacial score (nSPS) is 26.0. The maximum atomic E-state index is 14.5. The number of carbonyl (C=O) groups excluding carboxylic acids is 2. The maximum Gasteiger partial charge on any atom is 0.407 e. The lowest BCUT2D eigenvalue weighted by Crippen LogP contribution is -2.64. The van der Waals surface area contributed by atoms with Gasteiger partial charge >= 0.3 is 12.3 Å². The summed E-state index contributed by atoms with van der Waals surface area (Å²) in [6.45, 7) is 6.98. The molecule has 11 nitrogen and oxygen atoms in total. The summed E-state index contributed by atoms with van der Waals surface area (Å²) in [5.74, 6) is -0.900. The molecule has 2 heterocycles. The van der Waals surface area contributed by atoms with Crippen molar-refractivity contribution in [2.24, 2.45) is 10.8 Å². The topological polar surface area (TPSA) is 140 Å². The number of halogens is 3. The third kappa shape index (κ3) is 6.91. The van der Waals surface area contributed by atoms with Gasteiger partial charge in [0.15, 0.2) is 0 Å². The summed E-state index contributed by atoms with van der Waals surface area (Å²) in [4.78, 5) is 36.8. The van der Waals surface area contributed by atoms with Gasteiger partial charge < -0.3 is 19.7 Å². The molecule has 278 valence electrons. The predicted molar refractivity (Wildman–Crippen MR) is 185 cm³/mol. The number of alkyl halides is 3. The summed E-state index contributed by atoms with van der Waals surface area (Å²) in [7, 11) is -4.31. The van der Waals surface area contributed by atoms with Gasteiger partial charge in [0, 0.05) is 29.3 Å². The van der Waals surface area contributed by atoms with Crippen molar-refractivity contribution >= 4 is 28.0 Å². The lowest BCUT2D eigenvalue weighted by molar-refractivity contribution is -0.194. The van der Waals surface area contributed by atoms with E-state index in [4.69, 9.17) is 9.47 Å². The molecule has 0 radical (unpaired) electrons. The molecule has 4 bridgehead atoms. The highest BCUT2D eigenvalue weighted by Gasteiger charge is 2.65. The number of carbonyl (C=O) groups is 2. The Hall–Kier alpha value is -4.40. The molecule has 15 heteroatoms. The van der Waals surface area contributed by atoms with E-state index in [2.05, 4.69) is 20.0 Å².